The Bertz CT molecular complexity index is 1030. The Hall–Kier alpha value is -2.00. The van der Waals surface area contributed by atoms with Gasteiger partial charge in [0.05, 0.1) is 9.93 Å². The molecule has 1 aliphatic heterocycles. The number of thioether (sulfide) groups is 1. The van der Waals surface area contributed by atoms with Gasteiger partial charge in [-0.05, 0) is 59.8 Å². The van der Waals surface area contributed by atoms with Gasteiger partial charge in [0.15, 0.2) is 5.75 Å². The number of benzene rings is 2. The highest BCUT2D eigenvalue weighted by Crippen LogP contribution is 2.31. The van der Waals surface area contributed by atoms with Gasteiger partial charge < -0.3 is 4.18 Å². The molecule has 0 atom stereocenters. The molecule has 2 amide bonds. The summed E-state index contributed by atoms with van der Waals surface area (Å²) in [7, 11) is -4.08. The normalized spacial score (nSPS) is 16.0. The number of carbonyl (C=O) groups excluding carboxylic acids is 2. The highest BCUT2D eigenvalue weighted by molar-refractivity contribution is 8.18. The molecule has 0 aromatic heterocycles. The van der Waals surface area contributed by atoms with E-state index in [0.717, 1.165) is 11.8 Å². The third-order valence-corrected chi connectivity index (χ3v) is 5.80. The molecule has 0 spiro atoms. The van der Waals surface area contributed by atoms with Crippen LogP contribution in [0, 0.1) is 0 Å². The molecule has 134 valence electrons. The molecule has 1 fully saturated rings. The van der Waals surface area contributed by atoms with Crippen molar-refractivity contribution in [1.82, 2.24) is 5.32 Å². The molecule has 1 N–H and O–H groups in total. The Labute approximate surface area is 163 Å². The third kappa shape index (κ3) is 4.21. The van der Waals surface area contributed by atoms with Gasteiger partial charge in [-0.1, -0.05) is 29.3 Å². The summed E-state index contributed by atoms with van der Waals surface area (Å²) >= 11 is 12.6. The van der Waals surface area contributed by atoms with Gasteiger partial charge >= 0.3 is 10.1 Å². The van der Waals surface area contributed by atoms with E-state index < -0.39 is 21.3 Å². The Morgan fingerprint density at radius 1 is 1.04 bits per heavy atom. The minimum Gasteiger partial charge on any atom is -0.377 e. The zero-order chi connectivity index (χ0) is 18.9. The summed E-state index contributed by atoms with van der Waals surface area (Å²) in [5.74, 6) is -0.565. The molecule has 10 heteroatoms. The van der Waals surface area contributed by atoms with Crippen LogP contribution in [0.15, 0.2) is 52.3 Å². The maximum Gasteiger partial charge on any atom is 0.339 e. The smallest absolute Gasteiger partial charge is 0.339 e. The lowest BCUT2D eigenvalue weighted by Crippen LogP contribution is -2.17. The molecule has 1 saturated heterocycles. The van der Waals surface area contributed by atoms with Crippen LogP contribution < -0.4 is 9.50 Å². The van der Waals surface area contributed by atoms with Crippen molar-refractivity contribution in [1.29, 1.82) is 0 Å². The molecule has 2 aromatic carbocycles. The summed E-state index contributed by atoms with van der Waals surface area (Å²) in [5.41, 5.74) is 0.513. The minimum atomic E-state index is -4.08. The van der Waals surface area contributed by atoms with Crippen molar-refractivity contribution in [3.8, 4) is 5.75 Å². The molecule has 2 aromatic rings. The largest absolute Gasteiger partial charge is 0.377 e. The van der Waals surface area contributed by atoms with Gasteiger partial charge in [-0.25, -0.2) is 0 Å². The number of amides is 2. The molecule has 0 radical (unpaired) electrons. The first-order valence-corrected chi connectivity index (χ1v) is 9.97. The Morgan fingerprint density at radius 2 is 1.73 bits per heavy atom. The highest BCUT2D eigenvalue weighted by Gasteiger charge is 2.25. The van der Waals surface area contributed by atoms with Gasteiger partial charge in [-0.15, -0.1) is 0 Å². The zero-order valence-corrected chi connectivity index (χ0v) is 15.9. The summed E-state index contributed by atoms with van der Waals surface area (Å²) in [6.07, 6.45) is 1.47. The number of hydrogen-bond acceptors (Lipinski definition) is 6. The molecular weight excluding hydrogens is 421 g/mol. The number of imide groups is 1. The summed E-state index contributed by atoms with van der Waals surface area (Å²) in [5, 5.41) is 2.11. The average molecular weight is 430 g/mol. The summed E-state index contributed by atoms with van der Waals surface area (Å²) in [6.45, 7) is 0. The fraction of sp³-hybridized carbons (Fsp3) is 0. The van der Waals surface area contributed by atoms with Crippen LogP contribution in [-0.2, 0) is 14.9 Å². The van der Waals surface area contributed by atoms with Gasteiger partial charge in [0, 0.05) is 5.02 Å². The second-order valence-corrected chi connectivity index (χ2v) is 8.44. The first-order chi connectivity index (χ1) is 12.2. The molecule has 1 aliphatic rings. The van der Waals surface area contributed by atoms with Crippen LogP contribution in [0.2, 0.25) is 10.0 Å². The van der Waals surface area contributed by atoms with Gasteiger partial charge in [-0.3, -0.25) is 14.9 Å². The SMILES string of the molecule is O=C1NC(=O)/C(=C/c2ccc(OS(=O)(=O)c3ccc(Cl)cc3)c(Cl)c2)S1. The van der Waals surface area contributed by atoms with Gasteiger partial charge in [0.25, 0.3) is 11.1 Å². The maximum absolute atomic E-state index is 12.3. The van der Waals surface area contributed by atoms with Crippen LogP contribution in [0.5, 0.6) is 5.75 Å². The van der Waals surface area contributed by atoms with Gasteiger partial charge in [0.1, 0.15) is 4.90 Å². The monoisotopic (exact) mass is 429 g/mol. The molecule has 6 nitrogen and oxygen atoms in total. The number of carbonyl (C=O) groups is 2. The minimum absolute atomic E-state index is 0.0339. The van der Waals surface area contributed by atoms with Crippen molar-refractivity contribution in [3.63, 3.8) is 0 Å². The fourth-order valence-corrected chi connectivity index (χ4v) is 4.04. The molecule has 3 rings (SSSR count). The molecule has 1 heterocycles. The predicted octanol–water partition coefficient (Wildman–Crippen LogP) is 4.09. The number of rotatable bonds is 4. The first kappa shape index (κ1) is 18.8. The Morgan fingerprint density at radius 3 is 2.31 bits per heavy atom. The van der Waals surface area contributed by atoms with E-state index in [1.165, 1.54) is 48.5 Å². The van der Waals surface area contributed by atoms with E-state index in [4.69, 9.17) is 27.4 Å². The summed E-state index contributed by atoms with van der Waals surface area (Å²) in [6, 6.07) is 9.80. The van der Waals surface area contributed by atoms with Crippen LogP contribution in [-0.4, -0.2) is 19.6 Å². The van der Waals surface area contributed by atoms with Crippen molar-refractivity contribution in [2.24, 2.45) is 0 Å². The van der Waals surface area contributed by atoms with E-state index in [1.54, 1.807) is 0 Å². The zero-order valence-electron chi connectivity index (χ0n) is 12.7. The van der Waals surface area contributed by atoms with E-state index in [2.05, 4.69) is 5.32 Å². The number of halogens is 2. The second kappa shape index (κ2) is 7.32. The highest BCUT2D eigenvalue weighted by atomic mass is 35.5. The van der Waals surface area contributed by atoms with Crippen molar-refractivity contribution < 1.29 is 22.2 Å². The molecule has 0 saturated carbocycles. The maximum atomic E-state index is 12.3. The molecule has 0 bridgehead atoms. The Balaban J connectivity index is 1.84. The van der Waals surface area contributed by atoms with Crippen LogP contribution in [0.3, 0.4) is 0 Å². The van der Waals surface area contributed by atoms with Crippen molar-refractivity contribution in [2.75, 3.05) is 0 Å². The topological polar surface area (TPSA) is 89.5 Å². The Kier molecular flexibility index (Phi) is 5.29. The van der Waals surface area contributed by atoms with Crippen LogP contribution >= 0.6 is 35.0 Å². The second-order valence-electron chi connectivity index (χ2n) is 5.03. The number of nitrogens with one attached hydrogen (secondary N) is 1. The lowest BCUT2D eigenvalue weighted by Gasteiger charge is -2.09. The average Bonchev–Trinajstić information content (AvgIpc) is 2.88. The van der Waals surface area contributed by atoms with Crippen molar-refractivity contribution >= 4 is 62.3 Å². The predicted molar refractivity (Wildman–Crippen MR) is 99.8 cm³/mol. The van der Waals surface area contributed by atoms with E-state index in [1.807, 2.05) is 0 Å². The summed E-state index contributed by atoms with van der Waals surface area (Å²) in [4.78, 5) is 22.8. The van der Waals surface area contributed by atoms with E-state index >= 15 is 0 Å². The third-order valence-electron chi connectivity index (χ3n) is 3.20. The molecule has 0 aliphatic carbocycles. The number of hydrogen-bond donors (Lipinski definition) is 1. The van der Waals surface area contributed by atoms with Gasteiger partial charge in [0.2, 0.25) is 0 Å². The van der Waals surface area contributed by atoms with Crippen LogP contribution in [0.25, 0.3) is 6.08 Å². The standard InChI is InChI=1S/C16H9Cl2NO5S2/c17-10-2-4-11(5-3-10)26(22,23)24-13-6-1-9(7-12(13)18)8-14-15(20)19-16(21)25-14/h1-8H,(H,19,20,21)/b14-8-. The molecular formula is C16H9Cl2NO5S2. The molecule has 0 unspecified atom stereocenters. The van der Waals surface area contributed by atoms with Crippen molar-refractivity contribution in [3.05, 3.63) is 63.0 Å². The molecule has 26 heavy (non-hydrogen) atoms. The quantitative estimate of drug-likeness (QED) is 0.581. The van der Waals surface area contributed by atoms with Crippen LogP contribution in [0.1, 0.15) is 5.56 Å². The van der Waals surface area contributed by atoms with Crippen molar-refractivity contribution in [2.45, 2.75) is 4.90 Å². The van der Waals surface area contributed by atoms with Crippen LogP contribution in [0.4, 0.5) is 4.79 Å². The first-order valence-electron chi connectivity index (χ1n) is 6.99. The fourth-order valence-electron chi connectivity index (χ4n) is 2.01. The van der Waals surface area contributed by atoms with E-state index in [-0.39, 0.29) is 20.6 Å². The lowest BCUT2D eigenvalue weighted by molar-refractivity contribution is -0.115. The van der Waals surface area contributed by atoms with E-state index in [9.17, 15) is 18.0 Å². The lowest BCUT2D eigenvalue weighted by atomic mass is 10.2. The van der Waals surface area contributed by atoms with E-state index in [0.29, 0.717) is 10.6 Å². The summed E-state index contributed by atoms with van der Waals surface area (Å²) < 4.78 is 29.6. The van der Waals surface area contributed by atoms with Gasteiger partial charge in [-0.2, -0.15) is 8.42 Å².